The van der Waals surface area contributed by atoms with Crippen LogP contribution in [0.2, 0.25) is 0 Å². The molecule has 1 aromatic rings. The Hall–Kier alpha value is -2.55. The van der Waals surface area contributed by atoms with Crippen molar-refractivity contribution in [2.75, 3.05) is 11.9 Å². The molecular formula is C17H22N4O2. The molecule has 122 valence electrons. The van der Waals surface area contributed by atoms with Gasteiger partial charge >= 0.3 is 6.09 Å². The van der Waals surface area contributed by atoms with Crippen molar-refractivity contribution in [1.29, 1.82) is 5.26 Å². The van der Waals surface area contributed by atoms with Crippen LogP contribution in [-0.4, -0.2) is 29.3 Å². The van der Waals surface area contributed by atoms with E-state index in [4.69, 9.17) is 10.00 Å². The number of aromatic nitrogens is 1. The number of hydrogen-bond acceptors (Lipinski definition) is 5. The smallest absolute Gasteiger partial charge is 0.408 e. The van der Waals surface area contributed by atoms with Gasteiger partial charge in [-0.05, 0) is 45.2 Å². The summed E-state index contributed by atoms with van der Waals surface area (Å²) in [7, 11) is 0. The molecule has 0 bridgehead atoms. The molecule has 0 radical (unpaired) electrons. The maximum absolute atomic E-state index is 11.7. The molecule has 1 heterocycles. The summed E-state index contributed by atoms with van der Waals surface area (Å²) in [5.74, 6) is 1.05. The Balaban J connectivity index is 1.74. The maximum Gasteiger partial charge on any atom is 0.408 e. The van der Waals surface area contributed by atoms with Gasteiger partial charge in [-0.3, -0.25) is 0 Å². The summed E-state index contributed by atoms with van der Waals surface area (Å²) < 4.78 is 5.25. The minimum atomic E-state index is -0.491. The highest BCUT2D eigenvalue weighted by Crippen LogP contribution is 2.19. The number of amides is 1. The Kier molecular flexibility index (Phi) is 5.22. The lowest BCUT2D eigenvalue weighted by atomic mass is 10.1. The van der Waals surface area contributed by atoms with Gasteiger partial charge in [0.25, 0.3) is 0 Å². The summed E-state index contributed by atoms with van der Waals surface area (Å²) in [5.41, 5.74) is 0.0483. The molecule has 2 N–H and O–H groups in total. The van der Waals surface area contributed by atoms with Crippen LogP contribution in [0.1, 0.15) is 32.8 Å². The molecule has 0 fully saturated rings. The van der Waals surface area contributed by atoms with E-state index in [-0.39, 0.29) is 6.04 Å². The van der Waals surface area contributed by atoms with Crippen LogP contribution in [0.4, 0.5) is 10.6 Å². The summed E-state index contributed by atoms with van der Waals surface area (Å²) in [6, 6.07) is 5.54. The normalized spacial score (nSPS) is 19.9. The van der Waals surface area contributed by atoms with Crippen LogP contribution in [0, 0.1) is 17.2 Å². The predicted molar refractivity (Wildman–Crippen MR) is 87.8 cm³/mol. The van der Waals surface area contributed by atoms with Gasteiger partial charge in [0, 0.05) is 12.7 Å². The van der Waals surface area contributed by atoms with Gasteiger partial charge in [0.05, 0.1) is 11.6 Å². The van der Waals surface area contributed by atoms with Crippen molar-refractivity contribution in [3.8, 4) is 6.07 Å². The van der Waals surface area contributed by atoms with Crippen LogP contribution >= 0.6 is 0 Å². The number of alkyl carbamates (subject to hydrolysis) is 1. The molecule has 0 aromatic carbocycles. The van der Waals surface area contributed by atoms with Gasteiger partial charge in [-0.15, -0.1) is 0 Å². The molecule has 6 heteroatoms. The number of nitrogens with zero attached hydrogens (tertiary/aromatic N) is 2. The molecule has 2 atom stereocenters. The Bertz CT molecular complexity index is 611. The van der Waals surface area contributed by atoms with Crippen molar-refractivity contribution in [2.24, 2.45) is 5.92 Å². The molecule has 0 saturated carbocycles. The summed E-state index contributed by atoms with van der Waals surface area (Å²) in [6.45, 7) is 6.25. The lowest BCUT2D eigenvalue weighted by Crippen LogP contribution is -2.38. The highest BCUT2D eigenvalue weighted by atomic mass is 16.6. The van der Waals surface area contributed by atoms with Crippen molar-refractivity contribution in [1.82, 2.24) is 10.3 Å². The first-order valence-electron chi connectivity index (χ1n) is 7.63. The van der Waals surface area contributed by atoms with Gasteiger partial charge in [0.15, 0.2) is 0 Å². The zero-order valence-corrected chi connectivity index (χ0v) is 13.7. The largest absolute Gasteiger partial charge is 0.444 e. The number of anilines is 1. The fourth-order valence-electron chi connectivity index (χ4n) is 2.29. The third-order valence-electron chi connectivity index (χ3n) is 3.31. The average molecular weight is 314 g/mol. The molecule has 2 unspecified atom stereocenters. The van der Waals surface area contributed by atoms with Crippen LogP contribution in [-0.2, 0) is 4.74 Å². The quantitative estimate of drug-likeness (QED) is 0.834. The number of pyridine rings is 1. The summed E-state index contributed by atoms with van der Waals surface area (Å²) in [5, 5.41) is 14.8. The van der Waals surface area contributed by atoms with Gasteiger partial charge in [-0.2, -0.15) is 5.26 Å². The van der Waals surface area contributed by atoms with Gasteiger partial charge < -0.3 is 15.4 Å². The van der Waals surface area contributed by atoms with Gasteiger partial charge in [-0.25, -0.2) is 9.78 Å². The van der Waals surface area contributed by atoms with Crippen LogP contribution in [0.5, 0.6) is 0 Å². The van der Waals surface area contributed by atoms with Crippen molar-refractivity contribution in [2.45, 2.75) is 38.8 Å². The Morgan fingerprint density at radius 1 is 1.43 bits per heavy atom. The number of rotatable bonds is 4. The Labute approximate surface area is 136 Å². The van der Waals surface area contributed by atoms with E-state index in [1.807, 2.05) is 32.9 Å². The lowest BCUT2D eigenvalue weighted by Gasteiger charge is -2.21. The summed E-state index contributed by atoms with van der Waals surface area (Å²) >= 11 is 0. The first-order chi connectivity index (χ1) is 10.9. The molecule has 23 heavy (non-hydrogen) atoms. The summed E-state index contributed by atoms with van der Waals surface area (Å²) in [4.78, 5) is 15.9. The molecule has 0 spiro atoms. The maximum atomic E-state index is 11.7. The molecule has 1 aromatic heterocycles. The van der Waals surface area contributed by atoms with Crippen molar-refractivity contribution in [3.05, 3.63) is 36.0 Å². The van der Waals surface area contributed by atoms with E-state index in [1.165, 1.54) is 0 Å². The number of ether oxygens (including phenoxy) is 1. The molecule has 0 saturated heterocycles. The molecule has 6 nitrogen and oxygen atoms in total. The van der Waals surface area contributed by atoms with Crippen molar-refractivity contribution in [3.63, 3.8) is 0 Å². The fourth-order valence-corrected chi connectivity index (χ4v) is 2.29. The minimum absolute atomic E-state index is 0.00873. The van der Waals surface area contributed by atoms with E-state index in [0.717, 1.165) is 18.8 Å². The van der Waals surface area contributed by atoms with E-state index >= 15 is 0 Å². The third kappa shape index (κ3) is 5.62. The molecule has 1 aliphatic carbocycles. The second-order valence-corrected chi connectivity index (χ2v) is 6.56. The number of nitriles is 1. The Morgan fingerprint density at radius 2 is 2.22 bits per heavy atom. The standard InChI is InChI=1S/C17H22N4O2/c1-17(2,3)23-16(22)21-14-6-4-12(8-14)10-19-15-7-5-13(9-18)11-20-15/h4-7,11-12,14H,8,10H2,1-3H3,(H,19,20)(H,21,22). The predicted octanol–water partition coefficient (Wildman–Crippen LogP) is 2.83. The van der Waals surface area contributed by atoms with E-state index in [1.54, 1.807) is 18.3 Å². The third-order valence-corrected chi connectivity index (χ3v) is 3.31. The monoisotopic (exact) mass is 314 g/mol. The fraction of sp³-hybridized carbons (Fsp3) is 0.471. The molecule has 1 amide bonds. The number of carbonyl (C=O) groups excluding carboxylic acids is 1. The zero-order chi connectivity index (χ0) is 16.9. The van der Waals surface area contributed by atoms with Crippen molar-refractivity contribution < 1.29 is 9.53 Å². The SMILES string of the molecule is CC(C)(C)OC(=O)NC1C=CC(CNc2ccc(C#N)cn2)C1. The molecule has 1 aliphatic rings. The topological polar surface area (TPSA) is 87.0 Å². The highest BCUT2D eigenvalue weighted by molar-refractivity contribution is 5.68. The number of nitrogens with one attached hydrogen (secondary N) is 2. The minimum Gasteiger partial charge on any atom is -0.444 e. The Morgan fingerprint density at radius 3 is 2.83 bits per heavy atom. The molecule has 2 rings (SSSR count). The average Bonchev–Trinajstić information content (AvgIpc) is 2.91. The number of hydrogen-bond donors (Lipinski definition) is 2. The van der Waals surface area contributed by atoms with Crippen molar-refractivity contribution >= 4 is 11.9 Å². The van der Waals surface area contributed by atoms with E-state index in [0.29, 0.717) is 11.5 Å². The first kappa shape index (κ1) is 16.8. The second-order valence-electron chi connectivity index (χ2n) is 6.56. The van der Waals surface area contributed by atoms with E-state index < -0.39 is 11.7 Å². The van der Waals surface area contributed by atoms with Crippen LogP contribution in [0.25, 0.3) is 0 Å². The van der Waals surface area contributed by atoms with Crippen LogP contribution in [0.3, 0.4) is 0 Å². The van der Waals surface area contributed by atoms with Gasteiger partial charge in [0.2, 0.25) is 0 Å². The lowest BCUT2D eigenvalue weighted by molar-refractivity contribution is 0.0513. The van der Waals surface area contributed by atoms with Crippen LogP contribution in [0.15, 0.2) is 30.5 Å². The second kappa shape index (κ2) is 7.14. The van der Waals surface area contributed by atoms with Gasteiger partial charge in [-0.1, -0.05) is 12.2 Å². The molecular weight excluding hydrogens is 292 g/mol. The van der Waals surface area contributed by atoms with Gasteiger partial charge in [0.1, 0.15) is 17.5 Å². The van der Waals surface area contributed by atoms with E-state index in [2.05, 4.69) is 21.7 Å². The molecule has 0 aliphatic heterocycles. The number of carbonyl (C=O) groups is 1. The summed E-state index contributed by atoms with van der Waals surface area (Å²) in [6.07, 6.45) is 6.04. The first-order valence-corrected chi connectivity index (χ1v) is 7.63. The highest BCUT2D eigenvalue weighted by Gasteiger charge is 2.23. The van der Waals surface area contributed by atoms with E-state index in [9.17, 15) is 4.79 Å². The van der Waals surface area contributed by atoms with Crippen LogP contribution < -0.4 is 10.6 Å². The zero-order valence-electron chi connectivity index (χ0n) is 13.7.